The van der Waals surface area contributed by atoms with E-state index >= 15 is 0 Å². The molecule has 0 N–H and O–H groups in total. The number of fused-ring (bicyclic) bond motifs is 1. The number of amides is 3. The van der Waals surface area contributed by atoms with E-state index in [1.54, 1.807) is 24.3 Å². The van der Waals surface area contributed by atoms with Crippen molar-refractivity contribution in [2.45, 2.75) is 26.7 Å². The van der Waals surface area contributed by atoms with Crippen LogP contribution in [0.2, 0.25) is 0 Å². The van der Waals surface area contributed by atoms with E-state index in [1.165, 1.54) is 11.3 Å². The Balaban J connectivity index is 1.76. The van der Waals surface area contributed by atoms with Crippen molar-refractivity contribution in [1.29, 1.82) is 0 Å². The van der Waals surface area contributed by atoms with Crippen LogP contribution in [0.4, 0.5) is 5.69 Å². The second-order valence-corrected chi connectivity index (χ2v) is 7.89. The highest BCUT2D eigenvalue weighted by molar-refractivity contribution is 7.16. The zero-order chi connectivity index (χ0) is 20.0. The highest BCUT2D eigenvalue weighted by atomic mass is 32.1. The zero-order valence-electron chi connectivity index (χ0n) is 15.9. The molecule has 1 aliphatic rings. The van der Waals surface area contributed by atoms with Crippen LogP contribution in [-0.2, 0) is 16.6 Å². The summed E-state index contributed by atoms with van der Waals surface area (Å²) >= 11 is 1.47. The molecule has 0 unspecified atom stereocenters. The fourth-order valence-electron chi connectivity index (χ4n) is 3.46. The van der Waals surface area contributed by atoms with Crippen molar-refractivity contribution in [2.75, 3.05) is 4.90 Å². The first-order valence-electron chi connectivity index (χ1n) is 8.97. The molecule has 142 valence electrons. The van der Waals surface area contributed by atoms with Crippen LogP contribution in [0.1, 0.15) is 34.3 Å². The van der Waals surface area contributed by atoms with Crippen molar-refractivity contribution in [1.82, 2.24) is 4.57 Å². The minimum Gasteiger partial charge on any atom is -0.319 e. The van der Waals surface area contributed by atoms with E-state index < -0.39 is 5.91 Å². The molecular weight excluding hydrogens is 374 g/mol. The Morgan fingerprint density at radius 3 is 2.39 bits per heavy atom. The number of carbonyl (C=O) groups excluding carboxylic acids is 3. The van der Waals surface area contributed by atoms with Gasteiger partial charge in [0.1, 0.15) is 0 Å². The van der Waals surface area contributed by atoms with Crippen molar-refractivity contribution < 1.29 is 14.4 Å². The minimum atomic E-state index is -0.404. The highest BCUT2D eigenvalue weighted by Crippen LogP contribution is 2.25. The molecular formula is C21H19N3O3S. The lowest BCUT2D eigenvalue weighted by Crippen LogP contribution is -2.28. The number of rotatable bonds is 2. The van der Waals surface area contributed by atoms with Crippen LogP contribution in [0.15, 0.2) is 41.4 Å². The number of aryl methyl sites for hydroxylation is 3. The van der Waals surface area contributed by atoms with Gasteiger partial charge in [0.15, 0.2) is 4.80 Å². The Hall–Kier alpha value is -3.06. The highest BCUT2D eigenvalue weighted by Gasteiger charge is 2.30. The summed E-state index contributed by atoms with van der Waals surface area (Å²) in [5.74, 6) is -0.889. The van der Waals surface area contributed by atoms with Gasteiger partial charge in [-0.25, -0.2) is 0 Å². The lowest BCUT2D eigenvalue weighted by molar-refractivity contribution is -0.121. The maximum atomic E-state index is 12.8. The number of anilines is 1. The number of hydrogen-bond donors (Lipinski definition) is 0. The van der Waals surface area contributed by atoms with Gasteiger partial charge in [0.2, 0.25) is 11.8 Å². The van der Waals surface area contributed by atoms with Crippen LogP contribution in [0.25, 0.3) is 10.2 Å². The van der Waals surface area contributed by atoms with Crippen LogP contribution in [0, 0.1) is 13.8 Å². The Morgan fingerprint density at radius 1 is 1.04 bits per heavy atom. The van der Waals surface area contributed by atoms with Crippen LogP contribution in [0.3, 0.4) is 0 Å². The van der Waals surface area contributed by atoms with Gasteiger partial charge in [0, 0.05) is 25.5 Å². The Morgan fingerprint density at radius 2 is 1.71 bits per heavy atom. The van der Waals surface area contributed by atoms with E-state index in [1.807, 2.05) is 25.5 Å². The predicted molar refractivity (Wildman–Crippen MR) is 108 cm³/mol. The number of imide groups is 1. The molecule has 1 fully saturated rings. The first-order valence-corrected chi connectivity index (χ1v) is 9.79. The third-order valence-corrected chi connectivity index (χ3v) is 6.21. The summed E-state index contributed by atoms with van der Waals surface area (Å²) in [5.41, 5.74) is 4.10. The third kappa shape index (κ3) is 2.97. The molecule has 0 saturated carbocycles. The second-order valence-electron chi connectivity index (χ2n) is 6.91. The molecule has 0 bridgehead atoms. The molecule has 0 spiro atoms. The van der Waals surface area contributed by atoms with Crippen molar-refractivity contribution >= 4 is 45.0 Å². The normalized spacial score (nSPS) is 15.1. The SMILES string of the molecule is Cc1ccc(C)c2c1sc(=NC(=O)c1cccc(N3C(=O)CCC3=O)c1)n2C. The minimum absolute atomic E-state index is 0.206. The molecule has 3 aromatic rings. The van der Waals surface area contributed by atoms with Crippen molar-refractivity contribution in [3.8, 4) is 0 Å². The largest absolute Gasteiger partial charge is 0.319 e. The molecule has 1 aromatic heterocycles. The van der Waals surface area contributed by atoms with Crippen LogP contribution < -0.4 is 9.70 Å². The van der Waals surface area contributed by atoms with Gasteiger partial charge in [-0.1, -0.05) is 29.5 Å². The number of aromatic nitrogens is 1. The topological polar surface area (TPSA) is 71.7 Å². The summed E-state index contributed by atoms with van der Waals surface area (Å²) in [6, 6.07) is 10.6. The first-order chi connectivity index (χ1) is 13.4. The van der Waals surface area contributed by atoms with Gasteiger partial charge < -0.3 is 4.57 Å². The van der Waals surface area contributed by atoms with Gasteiger partial charge in [-0.05, 0) is 43.2 Å². The molecule has 0 aliphatic carbocycles. The molecule has 1 aliphatic heterocycles. The van der Waals surface area contributed by atoms with Crippen molar-refractivity contribution in [3.05, 3.63) is 57.9 Å². The summed E-state index contributed by atoms with van der Waals surface area (Å²) in [6.45, 7) is 4.07. The number of carbonyl (C=O) groups is 3. The molecule has 3 amide bonds. The molecule has 2 heterocycles. The van der Waals surface area contributed by atoms with Gasteiger partial charge in [-0.2, -0.15) is 4.99 Å². The summed E-state index contributed by atoms with van der Waals surface area (Å²) in [7, 11) is 1.90. The van der Waals surface area contributed by atoms with Gasteiger partial charge in [-0.3, -0.25) is 19.3 Å². The van der Waals surface area contributed by atoms with Crippen LogP contribution in [-0.4, -0.2) is 22.3 Å². The molecule has 28 heavy (non-hydrogen) atoms. The molecule has 0 atom stereocenters. The van der Waals surface area contributed by atoms with E-state index in [-0.39, 0.29) is 24.7 Å². The van der Waals surface area contributed by atoms with E-state index in [0.29, 0.717) is 16.1 Å². The van der Waals surface area contributed by atoms with E-state index in [4.69, 9.17) is 0 Å². The molecule has 1 saturated heterocycles. The molecule has 4 rings (SSSR count). The van der Waals surface area contributed by atoms with Gasteiger partial charge >= 0.3 is 0 Å². The quantitative estimate of drug-likeness (QED) is 0.628. The molecule has 6 nitrogen and oxygen atoms in total. The van der Waals surface area contributed by atoms with Crippen molar-refractivity contribution in [3.63, 3.8) is 0 Å². The molecule has 0 radical (unpaired) electrons. The fraction of sp³-hybridized carbons (Fsp3) is 0.238. The number of thiazole rings is 1. The monoisotopic (exact) mass is 393 g/mol. The first kappa shape index (κ1) is 18.3. The second kappa shape index (κ2) is 6.83. The smallest absolute Gasteiger partial charge is 0.279 e. The number of nitrogens with zero attached hydrogens (tertiary/aromatic N) is 3. The fourth-order valence-corrected chi connectivity index (χ4v) is 4.63. The summed E-state index contributed by atoms with van der Waals surface area (Å²) in [5, 5.41) is 0. The third-order valence-electron chi connectivity index (χ3n) is 4.95. The lowest BCUT2D eigenvalue weighted by Gasteiger charge is -2.14. The van der Waals surface area contributed by atoms with Gasteiger partial charge in [-0.15, -0.1) is 0 Å². The predicted octanol–water partition coefficient (Wildman–Crippen LogP) is 3.25. The van der Waals surface area contributed by atoms with E-state index in [2.05, 4.69) is 17.1 Å². The maximum absolute atomic E-state index is 12.8. The Labute approximate surface area is 165 Å². The van der Waals surface area contributed by atoms with E-state index in [0.717, 1.165) is 26.2 Å². The number of benzene rings is 2. The summed E-state index contributed by atoms with van der Waals surface area (Å²) in [4.78, 5) is 42.8. The van der Waals surface area contributed by atoms with Crippen molar-refractivity contribution in [2.24, 2.45) is 12.0 Å². The summed E-state index contributed by atoms with van der Waals surface area (Å²) < 4.78 is 3.04. The number of hydrogen-bond acceptors (Lipinski definition) is 4. The molecule has 2 aromatic carbocycles. The summed E-state index contributed by atoms with van der Waals surface area (Å²) in [6.07, 6.45) is 0.412. The average molecular weight is 393 g/mol. The standard InChI is InChI=1S/C21H19N3O3S/c1-12-7-8-13(2)19-18(12)23(3)21(28-19)22-20(27)14-5-4-6-15(11-14)24-16(25)9-10-17(24)26/h4-8,11H,9-10H2,1-3H3. The maximum Gasteiger partial charge on any atom is 0.279 e. The van der Waals surface area contributed by atoms with Crippen LogP contribution >= 0.6 is 11.3 Å². The van der Waals surface area contributed by atoms with Gasteiger partial charge in [0.05, 0.1) is 15.9 Å². The van der Waals surface area contributed by atoms with Gasteiger partial charge in [0.25, 0.3) is 5.91 Å². The lowest BCUT2D eigenvalue weighted by atomic mass is 10.1. The Kier molecular flexibility index (Phi) is 4.47. The average Bonchev–Trinajstić information content (AvgIpc) is 3.18. The molecule has 7 heteroatoms. The Bertz CT molecular complexity index is 1200. The van der Waals surface area contributed by atoms with Crippen LogP contribution in [0.5, 0.6) is 0 Å². The zero-order valence-corrected chi connectivity index (χ0v) is 16.7. The van der Waals surface area contributed by atoms with E-state index in [9.17, 15) is 14.4 Å².